The molecule has 0 unspecified atom stereocenters. The van der Waals surface area contributed by atoms with E-state index in [0.29, 0.717) is 0 Å². The minimum atomic E-state index is -0.358. The lowest BCUT2D eigenvalue weighted by Crippen LogP contribution is -2.52. The van der Waals surface area contributed by atoms with Gasteiger partial charge in [-0.05, 0) is 19.9 Å². The van der Waals surface area contributed by atoms with Gasteiger partial charge < -0.3 is 10.6 Å². The van der Waals surface area contributed by atoms with Gasteiger partial charge in [0.2, 0.25) is 5.91 Å². The van der Waals surface area contributed by atoms with Crippen molar-refractivity contribution in [2.75, 3.05) is 7.05 Å². The molecule has 4 heteroatoms. The van der Waals surface area contributed by atoms with Crippen LogP contribution in [0, 0.1) is 11.8 Å². The van der Waals surface area contributed by atoms with Crippen LogP contribution in [0.3, 0.4) is 0 Å². The van der Waals surface area contributed by atoms with E-state index in [1.165, 1.54) is 0 Å². The van der Waals surface area contributed by atoms with Crippen LogP contribution in [0.4, 0.5) is 0 Å². The predicted octanol–water partition coefficient (Wildman–Crippen LogP) is 1.74. The molecule has 106 valence electrons. The number of amides is 1. The highest BCUT2D eigenvalue weighted by molar-refractivity contribution is 5.91. The third-order valence-corrected chi connectivity index (χ3v) is 3.52. The van der Waals surface area contributed by atoms with Crippen molar-refractivity contribution in [2.24, 2.45) is 11.8 Å². The minimum Gasteiger partial charge on any atom is -0.345 e. The summed E-state index contributed by atoms with van der Waals surface area (Å²) in [7, 11) is 1.74. The maximum absolute atomic E-state index is 12.2. The quantitative estimate of drug-likeness (QED) is 0.695. The zero-order valence-electron chi connectivity index (χ0n) is 12.5. The molecule has 0 aliphatic rings. The van der Waals surface area contributed by atoms with Gasteiger partial charge in [0.15, 0.2) is 5.78 Å². The molecule has 0 aliphatic heterocycles. The van der Waals surface area contributed by atoms with Crippen molar-refractivity contribution in [3.8, 4) is 0 Å². The van der Waals surface area contributed by atoms with E-state index in [1.807, 2.05) is 13.8 Å². The molecule has 0 saturated carbocycles. The molecule has 1 amide bonds. The Kier molecular flexibility index (Phi) is 7.83. The fraction of sp³-hybridized carbons (Fsp3) is 0.857. The number of ketones is 1. The number of hydrogen-bond acceptors (Lipinski definition) is 3. The molecule has 0 spiro atoms. The van der Waals surface area contributed by atoms with Gasteiger partial charge in [-0.25, -0.2) is 0 Å². The molecule has 0 fully saturated rings. The minimum absolute atomic E-state index is 0.0548. The van der Waals surface area contributed by atoms with E-state index in [4.69, 9.17) is 0 Å². The van der Waals surface area contributed by atoms with E-state index in [9.17, 15) is 9.59 Å². The van der Waals surface area contributed by atoms with Gasteiger partial charge in [-0.15, -0.1) is 0 Å². The lowest BCUT2D eigenvalue weighted by molar-refractivity contribution is -0.131. The molecular weight excluding hydrogens is 228 g/mol. The number of hydrogen-bond donors (Lipinski definition) is 2. The predicted molar refractivity (Wildman–Crippen MR) is 74.4 cm³/mol. The first-order valence-electron chi connectivity index (χ1n) is 6.90. The summed E-state index contributed by atoms with van der Waals surface area (Å²) in [6.07, 6.45) is 1.79. The standard InChI is InChI=1S/C14H28N2O2/c1-7-11(8-2)12(13(17)9(3)4)16-14(18)10(5)15-6/h9-12,15H,7-8H2,1-6H3,(H,16,18)/t10-,12-/m0/s1. The van der Waals surface area contributed by atoms with Crippen LogP contribution >= 0.6 is 0 Å². The lowest BCUT2D eigenvalue weighted by atomic mass is 9.87. The summed E-state index contributed by atoms with van der Waals surface area (Å²) in [6, 6.07) is -0.634. The molecule has 0 radical (unpaired) electrons. The van der Waals surface area contributed by atoms with Crippen LogP contribution < -0.4 is 10.6 Å². The zero-order chi connectivity index (χ0) is 14.3. The molecule has 2 N–H and O–H groups in total. The molecule has 0 rings (SSSR count). The van der Waals surface area contributed by atoms with Gasteiger partial charge in [-0.2, -0.15) is 0 Å². The van der Waals surface area contributed by atoms with Crippen LogP contribution in [0.2, 0.25) is 0 Å². The molecule has 4 nitrogen and oxygen atoms in total. The molecule has 2 atom stereocenters. The van der Waals surface area contributed by atoms with Crippen molar-refractivity contribution in [3.05, 3.63) is 0 Å². The fourth-order valence-electron chi connectivity index (χ4n) is 1.95. The average molecular weight is 256 g/mol. The van der Waals surface area contributed by atoms with E-state index in [1.54, 1.807) is 14.0 Å². The molecular formula is C14H28N2O2. The highest BCUT2D eigenvalue weighted by Gasteiger charge is 2.30. The Morgan fingerprint density at radius 2 is 1.56 bits per heavy atom. The second kappa shape index (κ2) is 8.25. The highest BCUT2D eigenvalue weighted by atomic mass is 16.2. The first-order valence-corrected chi connectivity index (χ1v) is 6.90. The smallest absolute Gasteiger partial charge is 0.237 e. The number of rotatable bonds is 8. The number of likely N-dealkylation sites (N-methyl/N-ethyl adjacent to an activating group) is 1. The highest BCUT2D eigenvalue weighted by Crippen LogP contribution is 2.17. The molecule has 0 heterocycles. The Bertz CT molecular complexity index is 273. The van der Waals surface area contributed by atoms with Gasteiger partial charge in [-0.1, -0.05) is 40.5 Å². The summed E-state index contributed by atoms with van der Waals surface area (Å²) < 4.78 is 0. The maximum Gasteiger partial charge on any atom is 0.237 e. The topological polar surface area (TPSA) is 58.2 Å². The Labute approximate surface area is 111 Å². The van der Waals surface area contributed by atoms with E-state index in [2.05, 4.69) is 24.5 Å². The Hall–Kier alpha value is -0.900. The number of carbonyl (C=O) groups excluding carboxylic acids is 2. The van der Waals surface area contributed by atoms with Gasteiger partial charge >= 0.3 is 0 Å². The second-order valence-electron chi connectivity index (χ2n) is 5.13. The van der Waals surface area contributed by atoms with E-state index >= 15 is 0 Å². The number of carbonyl (C=O) groups is 2. The number of nitrogens with one attached hydrogen (secondary N) is 2. The second-order valence-corrected chi connectivity index (χ2v) is 5.13. The van der Waals surface area contributed by atoms with E-state index < -0.39 is 0 Å². The maximum atomic E-state index is 12.2. The summed E-state index contributed by atoms with van der Waals surface area (Å²) in [5, 5.41) is 5.79. The zero-order valence-corrected chi connectivity index (χ0v) is 12.5. The average Bonchev–Trinajstić information content (AvgIpc) is 2.36. The Balaban J connectivity index is 4.87. The first kappa shape index (κ1) is 17.1. The van der Waals surface area contributed by atoms with Crippen LogP contribution in [0.25, 0.3) is 0 Å². The summed E-state index contributed by atoms with van der Waals surface area (Å²) in [5.41, 5.74) is 0. The van der Waals surface area contributed by atoms with Crippen molar-refractivity contribution < 1.29 is 9.59 Å². The van der Waals surface area contributed by atoms with Crippen LogP contribution in [-0.4, -0.2) is 30.8 Å². The van der Waals surface area contributed by atoms with Crippen LogP contribution in [0.5, 0.6) is 0 Å². The van der Waals surface area contributed by atoms with Gasteiger partial charge in [0.05, 0.1) is 12.1 Å². The molecule has 0 bridgehead atoms. The van der Waals surface area contributed by atoms with Gasteiger partial charge in [0, 0.05) is 5.92 Å². The number of Topliss-reactive ketones (excluding diaryl/α,β-unsaturated/α-hetero) is 1. The lowest BCUT2D eigenvalue weighted by Gasteiger charge is -2.27. The van der Waals surface area contributed by atoms with Crippen molar-refractivity contribution in [1.29, 1.82) is 0 Å². The van der Waals surface area contributed by atoms with E-state index in [-0.39, 0.29) is 35.6 Å². The van der Waals surface area contributed by atoms with Crippen LogP contribution in [0.1, 0.15) is 47.5 Å². The van der Waals surface area contributed by atoms with Crippen molar-refractivity contribution in [1.82, 2.24) is 10.6 Å². The summed E-state index contributed by atoms with van der Waals surface area (Å²) >= 11 is 0. The summed E-state index contributed by atoms with van der Waals surface area (Å²) in [4.78, 5) is 24.1. The summed E-state index contributed by atoms with van der Waals surface area (Å²) in [6.45, 7) is 9.67. The van der Waals surface area contributed by atoms with Crippen LogP contribution in [0.15, 0.2) is 0 Å². The van der Waals surface area contributed by atoms with Crippen molar-refractivity contribution in [2.45, 2.75) is 59.5 Å². The van der Waals surface area contributed by atoms with Crippen LogP contribution in [-0.2, 0) is 9.59 Å². The molecule has 0 saturated heterocycles. The molecule has 0 aromatic heterocycles. The van der Waals surface area contributed by atoms with Gasteiger partial charge in [0.1, 0.15) is 0 Å². The molecule has 0 aromatic carbocycles. The normalized spacial score (nSPS) is 14.7. The van der Waals surface area contributed by atoms with Gasteiger partial charge in [-0.3, -0.25) is 9.59 Å². The largest absolute Gasteiger partial charge is 0.345 e. The first-order chi connectivity index (χ1) is 8.38. The van der Waals surface area contributed by atoms with Gasteiger partial charge in [0.25, 0.3) is 0 Å². The van der Waals surface area contributed by atoms with E-state index in [0.717, 1.165) is 12.8 Å². The monoisotopic (exact) mass is 256 g/mol. The third-order valence-electron chi connectivity index (χ3n) is 3.52. The molecule has 0 aliphatic carbocycles. The Morgan fingerprint density at radius 1 is 1.06 bits per heavy atom. The molecule has 0 aromatic rings. The fourth-order valence-corrected chi connectivity index (χ4v) is 1.95. The van der Waals surface area contributed by atoms with Crippen molar-refractivity contribution in [3.63, 3.8) is 0 Å². The van der Waals surface area contributed by atoms with Crippen molar-refractivity contribution >= 4 is 11.7 Å². The summed E-state index contributed by atoms with van der Waals surface area (Å²) in [5.74, 6) is 0.178. The SMILES string of the molecule is CCC(CC)[C@H](NC(=O)[C@H](C)NC)C(=O)C(C)C. The Morgan fingerprint density at radius 3 is 1.89 bits per heavy atom. The third kappa shape index (κ3) is 4.77. The molecule has 18 heavy (non-hydrogen) atoms.